The summed E-state index contributed by atoms with van der Waals surface area (Å²) >= 11 is 11.3. The van der Waals surface area contributed by atoms with Crippen LogP contribution in [0.4, 0.5) is 8.78 Å². The van der Waals surface area contributed by atoms with E-state index in [9.17, 15) is 8.78 Å². The summed E-state index contributed by atoms with van der Waals surface area (Å²) in [5.74, 6) is -0.876. The van der Waals surface area contributed by atoms with E-state index in [-0.39, 0.29) is 6.42 Å². The minimum Gasteiger partial charge on any atom is -0.207 e. The summed E-state index contributed by atoms with van der Waals surface area (Å²) in [5.41, 5.74) is 0.797. The lowest BCUT2D eigenvalue weighted by Crippen LogP contribution is -1.95. The summed E-state index contributed by atoms with van der Waals surface area (Å²) in [6, 6.07) is 8.68. The highest BCUT2D eigenvalue weighted by Gasteiger charge is 2.08. The zero-order chi connectivity index (χ0) is 12.4. The van der Waals surface area contributed by atoms with Crippen LogP contribution in [0.2, 0.25) is 10.0 Å². The lowest BCUT2D eigenvalue weighted by atomic mass is 10.0. The molecule has 0 spiro atoms. The molecule has 0 nitrogen and oxygen atoms in total. The van der Waals surface area contributed by atoms with Gasteiger partial charge in [-0.05, 0) is 35.4 Å². The van der Waals surface area contributed by atoms with Crippen LogP contribution in [0.25, 0.3) is 0 Å². The van der Waals surface area contributed by atoms with Gasteiger partial charge >= 0.3 is 0 Å². The first-order chi connectivity index (χ1) is 8.06. The maximum atomic E-state index is 13.5. The Bertz CT molecular complexity index is 504. The van der Waals surface area contributed by atoms with Crippen molar-refractivity contribution in [3.05, 3.63) is 69.2 Å². The Hall–Kier alpha value is -1.12. The summed E-state index contributed by atoms with van der Waals surface area (Å²) in [6.45, 7) is 0. The van der Waals surface area contributed by atoms with Crippen molar-refractivity contribution in [1.29, 1.82) is 0 Å². The molecule has 0 atom stereocenters. The van der Waals surface area contributed by atoms with Crippen LogP contribution in [0.15, 0.2) is 36.4 Å². The van der Waals surface area contributed by atoms with Gasteiger partial charge in [-0.3, -0.25) is 0 Å². The van der Waals surface area contributed by atoms with Crippen molar-refractivity contribution >= 4 is 23.2 Å². The van der Waals surface area contributed by atoms with Crippen molar-refractivity contribution in [2.45, 2.75) is 6.42 Å². The molecule has 2 aromatic carbocycles. The van der Waals surface area contributed by atoms with Crippen molar-refractivity contribution in [3.63, 3.8) is 0 Å². The third-order valence-electron chi connectivity index (χ3n) is 2.41. The van der Waals surface area contributed by atoms with Gasteiger partial charge in [0.05, 0.1) is 0 Å². The standard InChI is InChI=1S/C13H8Cl2F2/c14-10-3-1-8(12(16)6-10)5-9-2-4-11(15)7-13(9)17/h1-4,6-7H,5H2. The minimum atomic E-state index is -0.438. The van der Waals surface area contributed by atoms with Crippen LogP contribution in [0.3, 0.4) is 0 Å². The second-order valence-corrected chi connectivity index (χ2v) is 4.52. The molecule has 2 rings (SSSR count). The van der Waals surface area contributed by atoms with Gasteiger partial charge in [0.25, 0.3) is 0 Å². The molecular weight excluding hydrogens is 265 g/mol. The van der Waals surface area contributed by atoms with Gasteiger partial charge < -0.3 is 0 Å². The maximum absolute atomic E-state index is 13.5. The lowest BCUT2D eigenvalue weighted by Gasteiger charge is -2.05. The van der Waals surface area contributed by atoms with E-state index in [1.165, 1.54) is 12.1 Å². The quantitative estimate of drug-likeness (QED) is 0.732. The molecule has 0 saturated heterocycles. The van der Waals surface area contributed by atoms with Gasteiger partial charge in [-0.15, -0.1) is 0 Å². The van der Waals surface area contributed by atoms with E-state index in [0.717, 1.165) is 0 Å². The Labute approximate surface area is 108 Å². The van der Waals surface area contributed by atoms with Gasteiger partial charge in [0.2, 0.25) is 0 Å². The van der Waals surface area contributed by atoms with Gasteiger partial charge in [0, 0.05) is 16.5 Å². The van der Waals surface area contributed by atoms with Crippen LogP contribution in [-0.2, 0) is 6.42 Å². The third-order valence-corrected chi connectivity index (χ3v) is 2.88. The SMILES string of the molecule is Fc1cc(Cl)ccc1Cc1ccc(Cl)cc1F. The van der Waals surface area contributed by atoms with Gasteiger partial charge in [0.15, 0.2) is 0 Å². The number of hydrogen-bond acceptors (Lipinski definition) is 0. The first kappa shape index (κ1) is 12.3. The second-order valence-electron chi connectivity index (χ2n) is 3.65. The van der Waals surface area contributed by atoms with Crippen LogP contribution in [0.1, 0.15) is 11.1 Å². The fourth-order valence-electron chi connectivity index (χ4n) is 1.54. The van der Waals surface area contributed by atoms with Gasteiger partial charge in [-0.1, -0.05) is 35.3 Å². The molecule has 17 heavy (non-hydrogen) atoms. The molecule has 0 fully saturated rings. The van der Waals surface area contributed by atoms with E-state index in [2.05, 4.69) is 0 Å². The largest absolute Gasteiger partial charge is 0.207 e. The minimum absolute atomic E-state index is 0.173. The molecule has 88 valence electrons. The Balaban J connectivity index is 2.31. The van der Waals surface area contributed by atoms with Gasteiger partial charge in [-0.2, -0.15) is 0 Å². The van der Waals surface area contributed by atoms with E-state index in [4.69, 9.17) is 23.2 Å². The first-order valence-electron chi connectivity index (χ1n) is 4.94. The molecule has 0 aliphatic rings. The average molecular weight is 273 g/mol. The molecule has 0 aromatic heterocycles. The second kappa shape index (κ2) is 5.03. The van der Waals surface area contributed by atoms with Crippen molar-refractivity contribution in [3.8, 4) is 0 Å². The fourth-order valence-corrected chi connectivity index (χ4v) is 1.85. The molecule has 0 aliphatic carbocycles. The topological polar surface area (TPSA) is 0 Å². The zero-order valence-corrected chi connectivity index (χ0v) is 10.2. The summed E-state index contributed by atoms with van der Waals surface area (Å²) in [5, 5.41) is 0.644. The van der Waals surface area contributed by atoms with E-state index < -0.39 is 11.6 Å². The molecule has 0 bridgehead atoms. The Morgan fingerprint density at radius 2 is 1.18 bits per heavy atom. The van der Waals surface area contributed by atoms with Crippen LogP contribution < -0.4 is 0 Å². The molecule has 4 heteroatoms. The van der Waals surface area contributed by atoms with Crippen molar-refractivity contribution in [1.82, 2.24) is 0 Å². The number of rotatable bonds is 2. The predicted molar refractivity (Wildman–Crippen MR) is 65.6 cm³/mol. The highest BCUT2D eigenvalue weighted by Crippen LogP contribution is 2.21. The van der Waals surface area contributed by atoms with Crippen LogP contribution in [0.5, 0.6) is 0 Å². The lowest BCUT2D eigenvalue weighted by molar-refractivity contribution is 0.599. The van der Waals surface area contributed by atoms with Crippen LogP contribution in [0, 0.1) is 11.6 Å². The normalized spacial score (nSPS) is 10.6. The highest BCUT2D eigenvalue weighted by molar-refractivity contribution is 6.30. The fraction of sp³-hybridized carbons (Fsp3) is 0.0769. The molecule has 2 aromatic rings. The van der Waals surface area contributed by atoms with Crippen molar-refractivity contribution in [2.75, 3.05) is 0 Å². The van der Waals surface area contributed by atoms with E-state index >= 15 is 0 Å². The third kappa shape index (κ3) is 2.96. The maximum Gasteiger partial charge on any atom is 0.128 e. The van der Waals surface area contributed by atoms with Gasteiger partial charge in [-0.25, -0.2) is 8.78 Å². The molecule has 0 aliphatic heterocycles. The Morgan fingerprint density at radius 3 is 1.53 bits per heavy atom. The Kier molecular flexibility index (Phi) is 3.65. The molecule has 0 radical (unpaired) electrons. The van der Waals surface area contributed by atoms with Crippen LogP contribution >= 0.6 is 23.2 Å². The van der Waals surface area contributed by atoms with Crippen LogP contribution in [-0.4, -0.2) is 0 Å². The number of benzene rings is 2. The van der Waals surface area contributed by atoms with E-state index in [1.54, 1.807) is 24.3 Å². The van der Waals surface area contributed by atoms with Crippen molar-refractivity contribution in [2.24, 2.45) is 0 Å². The zero-order valence-electron chi connectivity index (χ0n) is 8.68. The molecule has 0 saturated carbocycles. The summed E-state index contributed by atoms with van der Waals surface area (Å²) in [6.07, 6.45) is 0.173. The summed E-state index contributed by atoms with van der Waals surface area (Å²) in [4.78, 5) is 0. The van der Waals surface area contributed by atoms with Crippen molar-refractivity contribution < 1.29 is 8.78 Å². The van der Waals surface area contributed by atoms with E-state index in [0.29, 0.717) is 21.2 Å². The summed E-state index contributed by atoms with van der Waals surface area (Å²) in [7, 11) is 0. The number of hydrogen-bond donors (Lipinski definition) is 0. The molecule has 0 amide bonds. The molecular formula is C13H8Cl2F2. The summed E-state index contributed by atoms with van der Waals surface area (Å²) < 4.78 is 27.0. The monoisotopic (exact) mass is 272 g/mol. The molecule has 0 unspecified atom stereocenters. The molecule has 0 N–H and O–H groups in total. The number of halogens is 4. The highest BCUT2D eigenvalue weighted by atomic mass is 35.5. The molecule has 0 heterocycles. The van der Waals surface area contributed by atoms with E-state index in [1.807, 2.05) is 0 Å². The van der Waals surface area contributed by atoms with Gasteiger partial charge in [0.1, 0.15) is 11.6 Å². The first-order valence-corrected chi connectivity index (χ1v) is 5.70. The smallest absolute Gasteiger partial charge is 0.128 e. The predicted octanol–water partition coefficient (Wildman–Crippen LogP) is 4.86. The average Bonchev–Trinajstić information content (AvgIpc) is 2.25. The Morgan fingerprint density at radius 1 is 0.765 bits per heavy atom.